The number of rotatable bonds is 1. The fraction of sp³-hybridized carbons (Fsp3) is 0. The molecule has 72 valence electrons. The Kier molecular flexibility index (Phi) is 2.01. The van der Waals surface area contributed by atoms with E-state index in [0.717, 1.165) is 5.69 Å². The van der Waals surface area contributed by atoms with Gasteiger partial charge in [-0.15, -0.1) is 5.10 Å². The largest absolute Gasteiger partial charge is 0.368 e. The summed E-state index contributed by atoms with van der Waals surface area (Å²) >= 11 is 5.82. The van der Waals surface area contributed by atoms with Gasteiger partial charge in [-0.2, -0.15) is 9.67 Å². The summed E-state index contributed by atoms with van der Waals surface area (Å²) < 4.78 is 1.43. The van der Waals surface area contributed by atoms with Crippen molar-refractivity contribution in [1.82, 2.24) is 14.8 Å². The Bertz CT molecular complexity index is 465. The van der Waals surface area contributed by atoms with Gasteiger partial charge in [0, 0.05) is 5.02 Å². The molecule has 0 atom stereocenters. The number of hydrogen-bond donors (Lipinski definition) is 2. The Balaban J connectivity index is 2.54. The summed E-state index contributed by atoms with van der Waals surface area (Å²) in [6.45, 7) is 0. The molecule has 0 amide bonds. The van der Waals surface area contributed by atoms with E-state index in [9.17, 15) is 0 Å². The number of nitrogen functional groups attached to an aromatic ring is 2. The van der Waals surface area contributed by atoms with Crippen LogP contribution in [0, 0.1) is 0 Å². The van der Waals surface area contributed by atoms with Crippen molar-refractivity contribution >= 4 is 23.5 Å². The van der Waals surface area contributed by atoms with Crippen molar-refractivity contribution in [2.75, 3.05) is 11.5 Å². The molecule has 0 aliphatic carbocycles. The summed E-state index contributed by atoms with van der Waals surface area (Å²) in [7, 11) is 0. The Morgan fingerprint density at radius 3 is 2.64 bits per heavy atom. The first-order valence-electron chi connectivity index (χ1n) is 3.91. The van der Waals surface area contributed by atoms with Gasteiger partial charge >= 0.3 is 0 Å². The number of nitrogens with zero attached hydrogens (tertiary/aromatic N) is 3. The molecular weight excluding hydrogens is 202 g/mol. The minimum Gasteiger partial charge on any atom is -0.368 e. The zero-order chi connectivity index (χ0) is 10.1. The average molecular weight is 210 g/mol. The first-order chi connectivity index (χ1) is 6.66. The zero-order valence-electron chi connectivity index (χ0n) is 7.18. The maximum Gasteiger partial charge on any atom is 0.241 e. The number of hydrogen-bond acceptors (Lipinski definition) is 4. The fourth-order valence-electron chi connectivity index (χ4n) is 1.14. The predicted octanol–water partition coefficient (Wildman–Crippen LogP) is 1.09. The topological polar surface area (TPSA) is 82.7 Å². The second kappa shape index (κ2) is 3.19. The molecule has 0 aliphatic rings. The molecule has 5 nitrogen and oxygen atoms in total. The van der Waals surface area contributed by atoms with Crippen LogP contribution in [0.2, 0.25) is 5.02 Å². The average Bonchev–Trinajstić information content (AvgIpc) is 2.45. The lowest BCUT2D eigenvalue weighted by atomic mass is 10.3. The molecule has 4 N–H and O–H groups in total. The summed E-state index contributed by atoms with van der Waals surface area (Å²) in [5.41, 5.74) is 11.7. The lowest BCUT2D eigenvalue weighted by Gasteiger charge is -2.01. The molecule has 6 heteroatoms. The van der Waals surface area contributed by atoms with Gasteiger partial charge in [0.1, 0.15) is 0 Å². The van der Waals surface area contributed by atoms with Crippen LogP contribution in [0.25, 0.3) is 5.69 Å². The van der Waals surface area contributed by atoms with E-state index in [1.165, 1.54) is 4.68 Å². The van der Waals surface area contributed by atoms with Crippen molar-refractivity contribution < 1.29 is 0 Å². The van der Waals surface area contributed by atoms with Gasteiger partial charge in [-0.05, 0) is 18.2 Å². The van der Waals surface area contributed by atoms with Crippen LogP contribution in [-0.2, 0) is 0 Å². The molecule has 0 saturated heterocycles. The van der Waals surface area contributed by atoms with Crippen LogP contribution in [-0.4, -0.2) is 14.8 Å². The normalized spacial score (nSPS) is 10.4. The molecule has 0 unspecified atom stereocenters. The first kappa shape index (κ1) is 8.83. The number of nitrogens with two attached hydrogens (primary N) is 2. The molecule has 0 aliphatic heterocycles. The molecule has 0 bridgehead atoms. The smallest absolute Gasteiger partial charge is 0.241 e. The van der Waals surface area contributed by atoms with Gasteiger partial charge in [0.15, 0.2) is 0 Å². The quantitative estimate of drug-likeness (QED) is 0.737. The summed E-state index contributed by atoms with van der Waals surface area (Å²) in [6.07, 6.45) is 0. The van der Waals surface area contributed by atoms with Crippen molar-refractivity contribution in [3.05, 3.63) is 29.3 Å². The molecule has 1 heterocycles. The molecule has 2 aromatic rings. The van der Waals surface area contributed by atoms with Gasteiger partial charge in [-0.1, -0.05) is 17.7 Å². The maximum absolute atomic E-state index is 5.82. The highest BCUT2D eigenvalue weighted by atomic mass is 35.5. The standard InChI is InChI=1S/C8H8ClN5/c9-5-2-1-3-6(4-5)14-8(11)12-7(10)13-14/h1-4H,(H4,10,11,12,13). The van der Waals surface area contributed by atoms with Crippen molar-refractivity contribution in [3.63, 3.8) is 0 Å². The van der Waals surface area contributed by atoms with Crippen LogP contribution in [0.4, 0.5) is 11.9 Å². The van der Waals surface area contributed by atoms with Crippen molar-refractivity contribution in [2.45, 2.75) is 0 Å². The number of halogens is 1. The van der Waals surface area contributed by atoms with Gasteiger partial charge < -0.3 is 11.5 Å². The van der Waals surface area contributed by atoms with Crippen LogP contribution in [0.3, 0.4) is 0 Å². The third kappa shape index (κ3) is 1.49. The van der Waals surface area contributed by atoms with E-state index in [0.29, 0.717) is 5.02 Å². The van der Waals surface area contributed by atoms with Gasteiger partial charge in [0.05, 0.1) is 5.69 Å². The summed E-state index contributed by atoms with van der Waals surface area (Å²) in [6, 6.07) is 7.11. The summed E-state index contributed by atoms with van der Waals surface area (Å²) in [5.74, 6) is 0.382. The molecule has 2 rings (SSSR count). The van der Waals surface area contributed by atoms with E-state index < -0.39 is 0 Å². The molecule has 1 aromatic heterocycles. The summed E-state index contributed by atoms with van der Waals surface area (Å²) in [4.78, 5) is 3.78. The minimum absolute atomic E-state index is 0.141. The van der Waals surface area contributed by atoms with Crippen molar-refractivity contribution in [2.24, 2.45) is 0 Å². The monoisotopic (exact) mass is 209 g/mol. The Hall–Kier alpha value is -1.75. The number of anilines is 2. The van der Waals surface area contributed by atoms with Gasteiger partial charge in [0.2, 0.25) is 11.9 Å². The first-order valence-corrected chi connectivity index (χ1v) is 4.28. The van der Waals surface area contributed by atoms with Gasteiger partial charge in [0.25, 0.3) is 0 Å². The Labute approximate surface area is 85.3 Å². The molecule has 0 radical (unpaired) electrons. The predicted molar refractivity (Wildman–Crippen MR) is 55.2 cm³/mol. The lowest BCUT2D eigenvalue weighted by Crippen LogP contribution is -2.02. The van der Waals surface area contributed by atoms with E-state index in [1.54, 1.807) is 18.2 Å². The third-order valence-electron chi connectivity index (χ3n) is 1.70. The molecular formula is C8H8ClN5. The molecule has 1 aromatic carbocycles. The number of benzene rings is 1. The number of aromatic nitrogens is 3. The highest BCUT2D eigenvalue weighted by molar-refractivity contribution is 6.30. The Morgan fingerprint density at radius 2 is 2.07 bits per heavy atom. The fourth-order valence-corrected chi connectivity index (χ4v) is 1.32. The van der Waals surface area contributed by atoms with Gasteiger partial charge in [-0.25, -0.2) is 0 Å². The van der Waals surface area contributed by atoms with E-state index in [4.69, 9.17) is 23.1 Å². The van der Waals surface area contributed by atoms with Crippen molar-refractivity contribution in [1.29, 1.82) is 0 Å². The van der Waals surface area contributed by atoms with Crippen LogP contribution in [0.5, 0.6) is 0 Å². The van der Waals surface area contributed by atoms with Crippen LogP contribution in [0.1, 0.15) is 0 Å². The third-order valence-corrected chi connectivity index (χ3v) is 1.94. The minimum atomic E-state index is 0.141. The molecule has 14 heavy (non-hydrogen) atoms. The van der Waals surface area contributed by atoms with Gasteiger partial charge in [-0.3, -0.25) is 0 Å². The maximum atomic E-state index is 5.82. The molecule has 0 fully saturated rings. The molecule has 0 spiro atoms. The lowest BCUT2D eigenvalue weighted by molar-refractivity contribution is 0.896. The van der Waals surface area contributed by atoms with E-state index in [1.807, 2.05) is 6.07 Å². The van der Waals surface area contributed by atoms with Crippen molar-refractivity contribution in [3.8, 4) is 5.69 Å². The molecule has 0 saturated carbocycles. The van der Waals surface area contributed by atoms with E-state index in [-0.39, 0.29) is 11.9 Å². The second-order valence-electron chi connectivity index (χ2n) is 2.72. The Morgan fingerprint density at radius 1 is 1.29 bits per heavy atom. The van der Waals surface area contributed by atoms with E-state index in [2.05, 4.69) is 10.1 Å². The zero-order valence-corrected chi connectivity index (χ0v) is 7.94. The highest BCUT2D eigenvalue weighted by Gasteiger charge is 2.05. The second-order valence-corrected chi connectivity index (χ2v) is 3.16. The van der Waals surface area contributed by atoms with Crippen LogP contribution < -0.4 is 11.5 Å². The SMILES string of the molecule is Nc1nc(N)n(-c2cccc(Cl)c2)n1. The van der Waals surface area contributed by atoms with Crippen LogP contribution in [0.15, 0.2) is 24.3 Å². The van der Waals surface area contributed by atoms with E-state index >= 15 is 0 Å². The summed E-state index contributed by atoms with van der Waals surface area (Å²) in [5, 5.41) is 4.53. The highest BCUT2D eigenvalue weighted by Crippen LogP contribution is 2.16. The van der Waals surface area contributed by atoms with Crippen LogP contribution >= 0.6 is 11.6 Å².